The molecule has 18 heavy (non-hydrogen) atoms. The maximum absolute atomic E-state index is 10.8. The van der Waals surface area contributed by atoms with Gasteiger partial charge in [0.1, 0.15) is 0 Å². The summed E-state index contributed by atoms with van der Waals surface area (Å²) < 4.78 is 10.3. The van der Waals surface area contributed by atoms with Gasteiger partial charge in [0.2, 0.25) is 0 Å². The van der Waals surface area contributed by atoms with Crippen molar-refractivity contribution >= 4 is 5.97 Å². The van der Waals surface area contributed by atoms with Gasteiger partial charge in [-0.2, -0.15) is 0 Å². The van der Waals surface area contributed by atoms with Crippen LogP contribution in [0.3, 0.4) is 0 Å². The van der Waals surface area contributed by atoms with Gasteiger partial charge in [0, 0.05) is 6.92 Å². The van der Waals surface area contributed by atoms with E-state index in [9.17, 15) is 9.70 Å². The number of nitrogens with zero attached hydrogens (tertiary/aromatic N) is 1. The molecule has 0 amide bonds. The standard InChI is InChI=1S/C12H15NO5/c1-10(14)18-12(9-17-13-15)8-16-7-11-5-3-2-4-6-11/h2-6,12H,7-9H2,1H3. The Labute approximate surface area is 105 Å². The van der Waals surface area contributed by atoms with Crippen molar-refractivity contribution in [2.45, 2.75) is 19.6 Å². The summed E-state index contributed by atoms with van der Waals surface area (Å²) in [5.41, 5.74) is 1.01. The lowest BCUT2D eigenvalue weighted by atomic mass is 10.2. The predicted octanol–water partition coefficient (Wildman–Crippen LogP) is 1.83. The van der Waals surface area contributed by atoms with Gasteiger partial charge in [0.25, 0.3) is 0 Å². The molecular formula is C12H15NO5. The van der Waals surface area contributed by atoms with Gasteiger partial charge < -0.3 is 14.3 Å². The van der Waals surface area contributed by atoms with E-state index in [1.807, 2.05) is 30.3 Å². The van der Waals surface area contributed by atoms with Crippen LogP contribution in [0.5, 0.6) is 0 Å². The van der Waals surface area contributed by atoms with Crippen molar-refractivity contribution in [3.63, 3.8) is 0 Å². The molecule has 6 nitrogen and oxygen atoms in total. The lowest BCUT2D eigenvalue weighted by Crippen LogP contribution is -2.26. The van der Waals surface area contributed by atoms with Crippen molar-refractivity contribution in [3.05, 3.63) is 40.8 Å². The monoisotopic (exact) mass is 253 g/mol. The molecule has 6 heteroatoms. The highest BCUT2D eigenvalue weighted by atomic mass is 16.7. The molecule has 0 saturated carbocycles. The molecule has 0 saturated heterocycles. The van der Waals surface area contributed by atoms with Crippen LogP contribution in [0.4, 0.5) is 0 Å². The van der Waals surface area contributed by atoms with Gasteiger partial charge in [0.05, 0.1) is 13.2 Å². The molecule has 0 aliphatic carbocycles. The van der Waals surface area contributed by atoms with Crippen molar-refractivity contribution in [1.29, 1.82) is 0 Å². The quantitative estimate of drug-likeness (QED) is 0.401. The van der Waals surface area contributed by atoms with Crippen molar-refractivity contribution in [2.24, 2.45) is 5.34 Å². The summed E-state index contributed by atoms with van der Waals surface area (Å²) in [5, 5.41) is 2.25. The summed E-state index contributed by atoms with van der Waals surface area (Å²) in [5.74, 6) is -0.460. The Morgan fingerprint density at radius 2 is 2.00 bits per heavy atom. The predicted molar refractivity (Wildman–Crippen MR) is 63.4 cm³/mol. The zero-order valence-corrected chi connectivity index (χ0v) is 10.1. The van der Waals surface area contributed by atoms with Crippen molar-refractivity contribution in [2.75, 3.05) is 13.2 Å². The Kier molecular flexibility index (Phi) is 6.42. The van der Waals surface area contributed by atoms with E-state index >= 15 is 0 Å². The van der Waals surface area contributed by atoms with E-state index in [0.29, 0.717) is 6.61 Å². The van der Waals surface area contributed by atoms with Crippen LogP contribution < -0.4 is 0 Å². The van der Waals surface area contributed by atoms with E-state index in [-0.39, 0.29) is 13.2 Å². The fourth-order valence-electron chi connectivity index (χ4n) is 1.35. The van der Waals surface area contributed by atoms with Crippen LogP contribution in [0, 0.1) is 4.91 Å². The summed E-state index contributed by atoms with van der Waals surface area (Å²) in [4.78, 5) is 25.0. The molecule has 1 atom stereocenters. The lowest BCUT2D eigenvalue weighted by Gasteiger charge is -2.15. The second-order valence-electron chi connectivity index (χ2n) is 3.60. The Morgan fingerprint density at radius 1 is 1.28 bits per heavy atom. The Balaban J connectivity index is 2.32. The van der Waals surface area contributed by atoms with Crippen LogP contribution in [0.15, 0.2) is 35.7 Å². The molecule has 0 radical (unpaired) electrons. The summed E-state index contributed by atoms with van der Waals surface area (Å²) in [6, 6.07) is 9.56. The first-order chi connectivity index (χ1) is 8.72. The van der Waals surface area contributed by atoms with Gasteiger partial charge in [-0.15, -0.1) is 4.91 Å². The zero-order chi connectivity index (χ0) is 13.2. The molecule has 0 fully saturated rings. The fourth-order valence-corrected chi connectivity index (χ4v) is 1.35. The van der Waals surface area contributed by atoms with E-state index in [0.717, 1.165) is 5.56 Å². The largest absolute Gasteiger partial charge is 0.456 e. The number of carbonyl (C=O) groups is 1. The molecule has 1 unspecified atom stereocenters. The molecule has 0 aliphatic rings. The third kappa shape index (κ3) is 5.95. The molecule has 0 aliphatic heterocycles. The zero-order valence-electron chi connectivity index (χ0n) is 10.1. The molecule has 1 aromatic carbocycles. The van der Waals surface area contributed by atoms with Gasteiger partial charge in [-0.3, -0.25) is 4.79 Å². The maximum Gasteiger partial charge on any atom is 0.303 e. The molecule has 0 bridgehead atoms. The van der Waals surface area contributed by atoms with Gasteiger partial charge in [0.15, 0.2) is 18.1 Å². The second kappa shape index (κ2) is 8.19. The molecule has 0 aromatic heterocycles. The highest BCUT2D eigenvalue weighted by molar-refractivity contribution is 5.66. The first kappa shape index (κ1) is 14.1. The number of carbonyl (C=O) groups excluding carboxylic acids is 1. The summed E-state index contributed by atoms with van der Waals surface area (Å²) in [6.07, 6.45) is -0.635. The normalized spacial score (nSPS) is 11.6. The van der Waals surface area contributed by atoms with Gasteiger partial charge in [-0.1, -0.05) is 30.3 Å². The number of hydrogen-bond donors (Lipinski definition) is 0. The lowest BCUT2D eigenvalue weighted by molar-refractivity contribution is -0.153. The minimum absolute atomic E-state index is 0.113. The molecule has 0 heterocycles. The Hall–Kier alpha value is -1.95. The minimum Gasteiger partial charge on any atom is -0.456 e. The highest BCUT2D eigenvalue weighted by Crippen LogP contribution is 2.03. The molecule has 0 spiro atoms. The average Bonchev–Trinajstić information content (AvgIpc) is 2.36. The summed E-state index contributed by atoms with van der Waals surface area (Å²) >= 11 is 0. The Bertz CT molecular complexity index is 368. The molecule has 1 aromatic rings. The van der Waals surface area contributed by atoms with Gasteiger partial charge >= 0.3 is 5.97 Å². The summed E-state index contributed by atoms with van der Waals surface area (Å²) in [7, 11) is 0. The molecular weight excluding hydrogens is 238 g/mol. The first-order valence-electron chi connectivity index (χ1n) is 5.46. The second-order valence-corrected chi connectivity index (χ2v) is 3.60. The average molecular weight is 253 g/mol. The first-order valence-corrected chi connectivity index (χ1v) is 5.46. The third-order valence-electron chi connectivity index (χ3n) is 2.06. The SMILES string of the molecule is CC(=O)OC(COCc1ccccc1)CON=O. The Morgan fingerprint density at radius 3 is 2.61 bits per heavy atom. The number of ether oxygens (including phenoxy) is 2. The van der Waals surface area contributed by atoms with Crippen LogP contribution in [-0.2, 0) is 25.7 Å². The van der Waals surface area contributed by atoms with Crippen molar-refractivity contribution < 1.29 is 19.1 Å². The van der Waals surface area contributed by atoms with E-state index in [1.165, 1.54) is 6.92 Å². The topological polar surface area (TPSA) is 74.2 Å². The van der Waals surface area contributed by atoms with Crippen LogP contribution in [0.1, 0.15) is 12.5 Å². The molecule has 0 N–H and O–H groups in total. The molecule has 98 valence electrons. The van der Waals surface area contributed by atoms with E-state index in [2.05, 4.69) is 10.2 Å². The minimum atomic E-state index is -0.635. The summed E-state index contributed by atoms with van der Waals surface area (Å²) in [6.45, 7) is 1.70. The van der Waals surface area contributed by atoms with Crippen LogP contribution in [0.25, 0.3) is 0 Å². The third-order valence-corrected chi connectivity index (χ3v) is 2.06. The van der Waals surface area contributed by atoms with Crippen molar-refractivity contribution in [1.82, 2.24) is 0 Å². The maximum atomic E-state index is 10.8. The smallest absolute Gasteiger partial charge is 0.303 e. The highest BCUT2D eigenvalue weighted by Gasteiger charge is 2.13. The van der Waals surface area contributed by atoms with Crippen LogP contribution >= 0.6 is 0 Å². The number of benzene rings is 1. The van der Waals surface area contributed by atoms with Gasteiger partial charge in [-0.25, -0.2) is 0 Å². The fraction of sp³-hybridized carbons (Fsp3) is 0.417. The molecule has 1 rings (SSSR count). The number of rotatable bonds is 8. The van der Waals surface area contributed by atoms with E-state index in [1.54, 1.807) is 0 Å². The van der Waals surface area contributed by atoms with E-state index < -0.39 is 12.1 Å². The number of hydrogen-bond acceptors (Lipinski definition) is 6. The van der Waals surface area contributed by atoms with E-state index in [4.69, 9.17) is 9.47 Å². The van der Waals surface area contributed by atoms with Crippen LogP contribution in [-0.4, -0.2) is 25.3 Å². The van der Waals surface area contributed by atoms with Crippen LogP contribution in [0.2, 0.25) is 0 Å². The van der Waals surface area contributed by atoms with Crippen molar-refractivity contribution in [3.8, 4) is 0 Å². The van der Waals surface area contributed by atoms with Gasteiger partial charge in [-0.05, 0) is 5.56 Å². The number of esters is 1.